The van der Waals surface area contributed by atoms with E-state index in [1.54, 1.807) is 30.5 Å². The Morgan fingerprint density at radius 1 is 1.05 bits per heavy atom. The lowest BCUT2D eigenvalue weighted by atomic mass is 10.1. The van der Waals surface area contributed by atoms with Crippen molar-refractivity contribution in [1.29, 1.82) is 0 Å². The highest BCUT2D eigenvalue weighted by atomic mass is 19.4. The maximum absolute atomic E-state index is 12.9. The van der Waals surface area contributed by atoms with Gasteiger partial charge in [0.2, 0.25) is 0 Å². The molecule has 1 amide bonds. The molecule has 3 saturated heterocycles. The minimum atomic E-state index is -4.23. The van der Waals surface area contributed by atoms with Crippen LogP contribution >= 0.6 is 0 Å². The molecule has 220 valence electrons. The summed E-state index contributed by atoms with van der Waals surface area (Å²) >= 11 is 0. The first-order valence-electron chi connectivity index (χ1n) is 13.8. The van der Waals surface area contributed by atoms with Gasteiger partial charge in [-0.25, -0.2) is 19.4 Å². The Morgan fingerprint density at radius 3 is 2.34 bits per heavy atom. The standard InChI is InChI=1S/C27H32F3N7O4/c28-27(29,30)16-34-9-7-19(8-10-34)37-25-22(13-31-37)24(35-14-20-5-6-21(15-35)41-20)32-23(33-25)17-1-3-18(4-2-17)36(11-12-38)26(39)40/h1-4,13,19-21,38H,5-12,14-16H2,(H,39,40). The highest BCUT2D eigenvalue weighted by molar-refractivity contribution is 5.89. The van der Waals surface area contributed by atoms with Crippen LogP contribution in [0.5, 0.6) is 0 Å². The third-order valence-corrected chi connectivity index (χ3v) is 8.07. The number of amides is 1. The molecule has 2 atom stereocenters. The number of alkyl halides is 3. The van der Waals surface area contributed by atoms with Crippen LogP contribution in [-0.2, 0) is 4.74 Å². The molecular formula is C27H32F3N7O4. The van der Waals surface area contributed by atoms with Crippen LogP contribution in [0.25, 0.3) is 22.4 Å². The first kappa shape index (κ1) is 27.7. The van der Waals surface area contributed by atoms with Gasteiger partial charge in [-0.1, -0.05) is 0 Å². The van der Waals surface area contributed by atoms with Gasteiger partial charge in [-0.15, -0.1) is 0 Å². The van der Waals surface area contributed by atoms with Crippen LogP contribution in [0.4, 0.5) is 29.5 Å². The zero-order chi connectivity index (χ0) is 28.7. The molecule has 5 heterocycles. The number of ether oxygens (including phenoxy) is 1. The molecule has 0 aliphatic carbocycles. The van der Waals surface area contributed by atoms with E-state index in [-0.39, 0.29) is 31.4 Å². The van der Waals surface area contributed by atoms with Crippen molar-refractivity contribution in [1.82, 2.24) is 24.6 Å². The first-order chi connectivity index (χ1) is 19.7. The highest BCUT2D eigenvalue weighted by Crippen LogP contribution is 2.36. The largest absolute Gasteiger partial charge is 0.465 e. The molecule has 3 aromatic rings. The third-order valence-electron chi connectivity index (χ3n) is 8.07. The second-order valence-corrected chi connectivity index (χ2v) is 10.9. The minimum absolute atomic E-state index is 0.0539. The summed E-state index contributed by atoms with van der Waals surface area (Å²) in [6.45, 7) is 0.743. The monoisotopic (exact) mass is 575 g/mol. The number of aliphatic hydroxyl groups excluding tert-OH is 1. The fraction of sp³-hybridized carbons (Fsp3) is 0.556. The van der Waals surface area contributed by atoms with Crippen molar-refractivity contribution in [2.45, 2.75) is 50.1 Å². The van der Waals surface area contributed by atoms with E-state index < -0.39 is 18.8 Å². The number of piperidine rings is 1. The van der Waals surface area contributed by atoms with Gasteiger partial charge in [-0.3, -0.25) is 9.80 Å². The lowest BCUT2D eigenvalue weighted by Gasteiger charge is -2.34. The summed E-state index contributed by atoms with van der Waals surface area (Å²) in [4.78, 5) is 26.1. The average Bonchev–Trinajstić information content (AvgIpc) is 3.52. The number of hydrogen-bond donors (Lipinski definition) is 2. The minimum Gasteiger partial charge on any atom is -0.465 e. The predicted octanol–water partition coefficient (Wildman–Crippen LogP) is 3.54. The lowest BCUT2D eigenvalue weighted by Crippen LogP contribution is -2.43. The fourth-order valence-corrected chi connectivity index (χ4v) is 6.14. The maximum Gasteiger partial charge on any atom is 0.411 e. The number of rotatable bonds is 7. The van der Waals surface area contributed by atoms with Crippen LogP contribution in [-0.4, -0.2) is 105 Å². The number of carboxylic acid groups (broad SMARTS) is 1. The van der Waals surface area contributed by atoms with E-state index in [9.17, 15) is 28.2 Å². The van der Waals surface area contributed by atoms with Crippen LogP contribution < -0.4 is 9.80 Å². The van der Waals surface area contributed by atoms with Gasteiger partial charge in [0.05, 0.1) is 49.5 Å². The van der Waals surface area contributed by atoms with E-state index in [0.717, 1.165) is 28.9 Å². The number of halogens is 3. The number of anilines is 2. The van der Waals surface area contributed by atoms with E-state index in [2.05, 4.69) is 10.00 Å². The van der Waals surface area contributed by atoms with Crippen molar-refractivity contribution in [2.75, 3.05) is 55.7 Å². The molecule has 3 aliphatic heterocycles. The molecule has 3 aliphatic rings. The van der Waals surface area contributed by atoms with Gasteiger partial charge in [0, 0.05) is 37.4 Å². The summed E-state index contributed by atoms with van der Waals surface area (Å²) in [6, 6.07) is 6.68. The van der Waals surface area contributed by atoms with Crippen molar-refractivity contribution in [2.24, 2.45) is 0 Å². The van der Waals surface area contributed by atoms with Crippen molar-refractivity contribution < 1.29 is 32.9 Å². The Kier molecular flexibility index (Phi) is 7.47. The van der Waals surface area contributed by atoms with Crippen molar-refractivity contribution in [3.63, 3.8) is 0 Å². The van der Waals surface area contributed by atoms with Crippen molar-refractivity contribution in [3.8, 4) is 11.4 Å². The first-order valence-corrected chi connectivity index (χ1v) is 13.8. The van der Waals surface area contributed by atoms with E-state index in [1.807, 2.05) is 4.68 Å². The van der Waals surface area contributed by atoms with Crippen molar-refractivity contribution in [3.05, 3.63) is 30.5 Å². The SMILES string of the molecule is O=C(O)N(CCO)c1ccc(-c2nc(N3CC4CCC(C3)O4)c3cnn(C4CCN(CC(F)(F)F)CC4)c3n2)cc1. The number of nitrogens with zero attached hydrogens (tertiary/aromatic N) is 7. The topological polar surface area (TPSA) is 120 Å². The third kappa shape index (κ3) is 5.81. The van der Waals surface area contributed by atoms with Gasteiger partial charge in [0.15, 0.2) is 11.5 Å². The predicted molar refractivity (Wildman–Crippen MR) is 144 cm³/mol. The van der Waals surface area contributed by atoms with Gasteiger partial charge in [0.25, 0.3) is 0 Å². The van der Waals surface area contributed by atoms with E-state index >= 15 is 0 Å². The zero-order valence-corrected chi connectivity index (χ0v) is 22.4. The summed E-state index contributed by atoms with van der Waals surface area (Å²) in [5.74, 6) is 1.18. The summed E-state index contributed by atoms with van der Waals surface area (Å²) < 4.78 is 46.6. The Balaban J connectivity index is 1.35. The molecule has 2 aromatic heterocycles. The number of fused-ring (bicyclic) bond motifs is 3. The molecule has 14 heteroatoms. The smallest absolute Gasteiger partial charge is 0.411 e. The van der Waals surface area contributed by atoms with Crippen LogP contribution in [0, 0.1) is 0 Å². The molecule has 1 aromatic carbocycles. The maximum atomic E-state index is 12.9. The second kappa shape index (κ2) is 11.1. The van der Waals surface area contributed by atoms with Gasteiger partial charge in [0.1, 0.15) is 5.82 Å². The Morgan fingerprint density at radius 2 is 1.73 bits per heavy atom. The molecule has 0 saturated carbocycles. The summed E-state index contributed by atoms with van der Waals surface area (Å²) in [6.07, 6.45) is -0.362. The number of carbonyl (C=O) groups is 1. The normalized spacial score (nSPS) is 22.0. The van der Waals surface area contributed by atoms with Crippen molar-refractivity contribution >= 4 is 28.6 Å². The summed E-state index contributed by atoms with van der Waals surface area (Å²) in [5, 5.41) is 24.2. The van der Waals surface area contributed by atoms with Gasteiger partial charge < -0.3 is 19.8 Å². The quantitative estimate of drug-likeness (QED) is 0.436. The van der Waals surface area contributed by atoms with Gasteiger partial charge in [-0.2, -0.15) is 18.3 Å². The summed E-state index contributed by atoms with van der Waals surface area (Å²) in [5.41, 5.74) is 1.71. The second-order valence-electron chi connectivity index (χ2n) is 10.9. The molecular weight excluding hydrogens is 543 g/mol. The van der Waals surface area contributed by atoms with Crippen LogP contribution in [0.1, 0.15) is 31.7 Å². The molecule has 2 bridgehead atoms. The molecule has 41 heavy (non-hydrogen) atoms. The van der Waals surface area contributed by atoms with Crippen LogP contribution in [0.3, 0.4) is 0 Å². The average molecular weight is 576 g/mol. The summed E-state index contributed by atoms with van der Waals surface area (Å²) in [7, 11) is 0. The molecule has 0 spiro atoms. The molecule has 2 N–H and O–H groups in total. The molecule has 3 fully saturated rings. The number of aromatic nitrogens is 4. The Labute approximate surface area is 234 Å². The van der Waals surface area contributed by atoms with E-state index in [1.165, 1.54) is 4.90 Å². The molecule has 2 unspecified atom stereocenters. The van der Waals surface area contributed by atoms with Gasteiger partial charge in [-0.05, 0) is 49.9 Å². The molecule has 11 nitrogen and oxygen atoms in total. The number of hydrogen-bond acceptors (Lipinski definition) is 8. The number of aliphatic hydroxyl groups is 1. The Bertz CT molecular complexity index is 1380. The number of morpholine rings is 1. The molecule has 6 rings (SSSR count). The fourth-order valence-electron chi connectivity index (χ4n) is 6.14. The zero-order valence-electron chi connectivity index (χ0n) is 22.4. The van der Waals surface area contributed by atoms with Crippen LogP contribution in [0.15, 0.2) is 30.5 Å². The van der Waals surface area contributed by atoms with Crippen LogP contribution in [0.2, 0.25) is 0 Å². The Hall–Kier alpha value is -3.49. The van der Waals surface area contributed by atoms with E-state index in [4.69, 9.17) is 14.7 Å². The lowest BCUT2D eigenvalue weighted by molar-refractivity contribution is -0.148. The van der Waals surface area contributed by atoms with Gasteiger partial charge >= 0.3 is 12.3 Å². The number of likely N-dealkylation sites (tertiary alicyclic amines) is 1. The number of benzene rings is 1. The molecule has 0 radical (unpaired) electrons. The highest BCUT2D eigenvalue weighted by Gasteiger charge is 2.36. The van der Waals surface area contributed by atoms with E-state index in [0.29, 0.717) is 61.7 Å².